The van der Waals surface area contributed by atoms with Crippen LogP contribution < -0.4 is 0 Å². The maximum atomic E-state index is 8.13. The molecule has 0 spiro atoms. The first-order valence-corrected chi connectivity index (χ1v) is 5.71. The number of rotatable bonds is 6. The Morgan fingerprint density at radius 2 is 2.20 bits per heavy atom. The lowest BCUT2D eigenvalue weighted by Crippen LogP contribution is -2.37. The first-order chi connectivity index (χ1) is 7.36. The molecule has 0 unspecified atom stereocenters. The quantitative estimate of drug-likeness (QED) is 0.293. The maximum Gasteiger partial charge on any atom is 0.0599 e. The minimum atomic E-state index is 0.461. The van der Waals surface area contributed by atoms with Gasteiger partial charge in [0.05, 0.1) is 6.10 Å². The molecular weight excluding hydrogens is 192 g/mol. The Labute approximate surface area is 91.0 Å². The number of nitrogens with zero attached hydrogens (tertiary/aromatic N) is 4. The van der Waals surface area contributed by atoms with E-state index in [-0.39, 0.29) is 0 Å². The first-order valence-electron chi connectivity index (χ1n) is 5.71. The van der Waals surface area contributed by atoms with E-state index in [1.807, 2.05) is 6.92 Å². The molecule has 1 rings (SSSR count). The fourth-order valence-electron chi connectivity index (χ4n) is 1.94. The molecule has 0 aliphatic carbocycles. The van der Waals surface area contributed by atoms with Crippen molar-refractivity contribution >= 4 is 0 Å². The molecule has 0 aromatic carbocycles. The molecular formula is C10H20N4O. The highest BCUT2D eigenvalue weighted by Crippen LogP contribution is 2.13. The van der Waals surface area contributed by atoms with Crippen LogP contribution in [-0.2, 0) is 4.74 Å². The minimum absolute atomic E-state index is 0.461. The van der Waals surface area contributed by atoms with Crippen molar-refractivity contribution in [2.24, 2.45) is 5.11 Å². The highest BCUT2D eigenvalue weighted by atomic mass is 16.5. The third kappa shape index (κ3) is 5.02. The van der Waals surface area contributed by atoms with Gasteiger partial charge in [0.2, 0.25) is 0 Å². The van der Waals surface area contributed by atoms with Crippen molar-refractivity contribution in [3.63, 3.8) is 0 Å². The SMILES string of the molecule is CCOC1CCN(CCCN=[N+]=[N-])CC1. The summed E-state index contributed by atoms with van der Waals surface area (Å²) in [5.41, 5.74) is 8.13. The molecule has 5 heteroatoms. The Morgan fingerprint density at radius 1 is 1.47 bits per heavy atom. The van der Waals surface area contributed by atoms with Gasteiger partial charge in [-0.1, -0.05) is 5.11 Å². The molecule has 0 N–H and O–H groups in total. The zero-order chi connectivity index (χ0) is 10.9. The van der Waals surface area contributed by atoms with Crippen LogP contribution in [0.5, 0.6) is 0 Å². The van der Waals surface area contributed by atoms with Crippen molar-refractivity contribution in [1.82, 2.24) is 4.90 Å². The molecule has 1 aliphatic heterocycles. The molecule has 1 saturated heterocycles. The van der Waals surface area contributed by atoms with Crippen molar-refractivity contribution in [3.05, 3.63) is 10.4 Å². The van der Waals surface area contributed by atoms with Crippen LogP contribution in [0.1, 0.15) is 26.2 Å². The van der Waals surface area contributed by atoms with Gasteiger partial charge in [-0.15, -0.1) is 0 Å². The Bertz CT molecular complexity index is 207. The first kappa shape index (κ1) is 12.3. The molecule has 0 aromatic rings. The highest BCUT2D eigenvalue weighted by Gasteiger charge is 2.18. The number of piperidine rings is 1. The number of azide groups is 1. The van der Waals surface area contributed by atoms with Gasteiger partial charge in [0.15, 0.2) is 0 Å². The van der Waals surface area contributed by atoms with Gasteiger partial charge in [0.1, 0.15) is 0 Å². The van der Waals surface area contributed by atoms with E-state index < -0.39 is 0 Å². The van der Waals surface area contributed by atoms with E-state index >= 15 is 0 Å². The van der Waals surface area contributed by atoms with E-state index in [1.54, 1.807) is 0 Å². The van der Waals surface area contributed by atoms with E-state index in [0.29, 0.717) is 12.6 Å². The van der Waals surface area contributed by atoms with Crippen LogP contribution in [0.15, 0.2) is 5.11 Å². The van der Waals surface area contributed by atoms with E-state index in [4.69, 9.17) is 10.3 Å². The summed E-state index contributed by atoms with van der Waals surface area (Å²) in [5, 5.41) is 3.53. The Hall–Kier alpha value is -0.770. The van der Waals surface area contributed by atoms with Crippen molar-refractivity contribution in [2.45, 2.75) is 32.3 Å². The second-order valence-corrected chi connectivity index (χ2v) is 3.80. The molecule has 5 nitrogen and oxygen atoms in total. The van der Waals surface area contributed by atoms with Crippen LogP contribution in [0.3, 0.4) is 0 Å². The van der Waals surface area contributed by atoms with E-state index in [2.05, 4.69) is 14.9 Å². The normalized spacial score (nSPS) is 18.7. The number of likely N-dealkylation sites (tertiary alicyclic amines) is 1. The van der Waals surface area contributed by atoms with Gasteiger partial charge in [-0.3, -0.25) is 0 Å². The average Bonchev–Trinajstić information content (AvgIpc) is 2.27. The van der Waals surface area contributed by atoms with E-state index in [9.17, 15) is 0 Å². The Morgan fingerprint density at radius 3 is 2.80 bits per heavy atom. The lowest BCUT2D eigenvalue weighted by molar-refractivity contribution is 0.0142. The third-order valence-corrected chi connectivity index (χ3v) is 2.73. The van der Waals surface area contributed by atoms with Gasteiger partial charge in [0.25, 0.3) is 0 Å². The van der Waals surface area contributed by atoms with Crippen LogP contribution in [0.2, 0.25) is 0 Å². The standard InChI is InChI=1S/C10H20N4O/c1-2-15-10-4-8-14(9-5-10)7-3-6-12-13-11/h10H,2-9H2,1H3. The fourth-order valence-corrected chi connectivity index (χ4v) is 1.94. The summed E-state index contributed by atoms with van der Waals surface area (Å²) in [7, 11) is 0. The molecule has 0 saturated carbocycles. The van der Waals surface area contributed by atoms with Gasteiger partial charge in [0, 0.05) is 31.2 Å². The van der Waals surface area contributed by atoms with Gasteiger partial charge in [-0.2, -0.15) is 0 Å². The summed E-state index contributed by atoms with van der Waals surface area (Å²) in [5.74, 6) is 0. The van der Waals surface area contributed by atoms with Crippen LogP contribution in [0, 0.1) is 0 Å². The second kappa shape index (κ2) is 7.51. The summed E-state index contributed by atoms with van der Waals surface area (Å²) in [4.78, 5) is 5.16. The highest BCUT2D eigenvalue weighted by molar-refractivity contribution is 4.72. The lowest BCUT2D eigenvalue weighted by Gasteiger charge is -2.31. The van der Waals surface area contributed by atoms with Gasteiger partial charge >= 0.3 is 0 Å². The van der Waals surface area contributed by atoms with Crippen molar-refractivity contribution < 1.29 is 4.74 Å². The molecule has 0 atom stereocenters. The summed E-state index contributed by atoms with van der Waals surface area (Å²) in [6, 6.07) is 0. The molecule has 15 heavy (non-hydrogen) atoms. The number of hydrogen-bond acceptors (Lipinski definition) is 3. The molecule has 1 heterocycles. The zero-order valence-corrected chi connectivity index (χ0v) is 9.43. The minimum Gasteiger partial charge on any atom is -0.378 e. The molecule has 1 fully saturated rings. The average molecular weight is 212 g/mol. The van der Waals surface area contributed by atoms with Gasteiger partial charge in [-0.05, 0) is 38.3 Å². The summed E-state index contributed by atoms with van der Waals surface area (Å²) < 4.78 is 5.58. The summed E-state index contributed by atoms with van der Waals surface area (Å²) >= 11 is 0. The topological polar surface area (TPSA) is 61.2 Å². The van der Waals surface area contributed by atoms with Crippen LogP contribution in [-0.4, -0.2) is 43.8 Å². The number of ether oxygens (including phenoxy) is 1. The zero-order valence-electron chi connectivity index (χ0n) is 9.43. The molecule has 1 aliphatic rings. The number of hydrogen-bond donors (Lipinski definition) is 0. The predicted molar refractivity (Wildman–Crippen MR) is 59.7 cm³/mol. The smallest absolute Gasteiger partial charge is 0.0599 e. The van der Waals surface area contributed by atoms with Crippen LogP contribution >= 0.6 is 0 Å². The molecule has 0 aromatic heterocycles. The molecule has 0 radical (unpaired) electrons. The predicted octanol–water partition coefficient (Wildman–Crippen LogP) is 2.19. The summed E-state index contributed by atoms with van der Waals surface area (Å²) in [6.45, 7) is 6.75. The maximum absolute atomic E-state index is 8.13. The van der Waals surface area contributed by atoms with Crippen molar-refractivity contribution in [3.8, 4) is 0 Å². The van der Waals surface area contributed by atoms with Crippen LogP contribution in [0.4, 0.5) is 0 Å². The third-order valence-electron chi connectivity index (χ3n) is 2.73. The summed E-state index contributed by atoms with van der Waals surface area (Å²) in [6.07, 6.45) is 3.69. The Balaban J connectivity index is 2.06. The molecule has 0 amide bonds. The van der Waals surface area contributed by atoms with E-state index in [0.717, 1.165) is 45.5 Å². The van der Waals surface area contributed by atoms with Crippen molar-refractivity contribution in [1.29, 1.82) is 0 Å². The molecule has 0 bridgehead atoms. The second-order valence-electron chi connectivity index (χ2n) is 3.80. The Kier molecular flexibility index (Phi) is 6.16. The lowest BCUT2D eigenvalue weighted by atomic mass is 10.1. The van der Waals surface area contributed by atoms with E-state index in [1.165, 1.54) is 0 Å². The van der Waals surface area contributed by atoms with Crippen molar-refractivity contribution in [2.75, 3.05) is 32.8 Å². The van der Waals surface area contributed by atoms with Gasteiger partial charge < -0.3 is 9.64 Å². The van der Waals surface area contributed by atoms with Crippen LogP contribution in [0.25, 0.3) is 10.4 Å². The fraction of sp³-hybridized carbons (Fsp3) is 1.00. The van der Waals surface area contributed by atoms with Gasteiger partial charge in [-0.25, -0.2) is 0 Å². The monoisotopic (exact) mass is 212 g/mol. The molecule has 86 valence electrons. The largest absolute Gasteiger partial charge is 0.378 e.